The summed E-state index contributed by atoms with van der Waals surface area (Å²) < 4.78 is 12.0. The van der Waals surface area contributed by atoms with Crippen molar-refractivity contribution in [3.63, 3.8) is 0 Å². The average Bonchev–Trinajstić information content (AvgIpc) is 3.97. The van der Waals surface area contributed by atoms with Crippen molar-refractivity contribution < 1.29 is 24.2 Å². The number of likely N-dealkylation sites (N-methyl/N-ethyl adjacent to an activating group) is 1. The molecular formula is C46H51Cl2N7O5. The second-order valence-corrected chi connectivity index (χ2v) is 17.3. The summed E-state index contributed by atoms with van der Waals surface area (Å²) in [5, 5.41) is 18.2. The van der Waals surface area contributed by atoms with E-state index in [9.17, 15) is 14.7 Å². The Morgan fingerprint density at radius 3 is 2.32 bits per heavy atom. The lowest BCUT2D eigenvalue weighted by Crippen LogP contribution is -2.44. The number of carbonyl (C=O) groups excluding carboxylic acids is 2. The lowest BCUT2D eigenvalue weighted by molar-refractivity contribution is -0.119. The number of carboxylic acids is 1. The molecule has 0 aliphatic carbocycles. The molecule has 2 amide bonds. The second kappa shape index (κ2) is 15.9. The van der Waals surface area contributed by atoms with Gasteiger partial charge in [-0.25, -0.2) is 4.79 Å². The van der Waals surface area contributed by atoms with E-state index in [1.54, 1.807) is 34.5 Å². The molecule has 2 aliphatic rings. The summed E-state index contributed by atoms with van der Waals surface area (Å²) in [4.78, 5) is 47.4. The number of amides is 2. The molecule has 5 heterocycles. The Bertz CT molecular complexity index is 2720. The minimum atomic E-state index is -1.16. The van der Waals surface area contributed by atoms with Crippen molar-refractivity contribution in [3.05, 3.63) is 91.8 Å². The Labute approximate surface area is 359 Å². The molecule has 6 aromatic rings. The highest BCUT2D eigenvalue weighted by Gasteiger charge is 2.40. The summed E-state index contributed by atoms with van der Waals surface area (Å²) in [6.45, 7) is 12.6. The molecule has 1 saturated heterocycles. The number of rotatable bonds is 11. The summed E-state index contributed by atoms with van der Waals surface area (Å²) in [6.07, 6.45) is 3.25. The standard InChI is InChI=1S/C46H51Cl2N7O5/c1-25-20-31(21-26(2)41(25)48)60-19-11-12-32-33-14-15-35(47)40(38-28(4)49-52(8)29(38)5)42(33)55-27(3)23-54(45(57)43(32)55)44-39(46(58)59)34-22-30(13-16-36(34)51(44)7)50(6)37(56)24-53-17-9-10-18-53/h13-16,20-22,27H,9-12,17-19,23-24H2,1-8H3,(H,58,59)/t27-/m1/s1. The van der Waals surface area contributed by atoms with Gasteiger partial charge in [0.05, 0.1) is 34.9 Å². The van der Waals surface area contributed by atoms with E-state index in [-0.39, 0.29) is 35.8 Å². The maximum atomic E-state index is 15.4. The van der Waals surface area contributed by atoms with E-state index in [4.69, 9.17) is 33.0 Å². The van der Waals surface area contributed by atoms with Gasteiger partial charge < -0.3 is 23.9 Å². The van der Waals surface area contributed by atoms with Gasteiger partial charge in [0.1, 0.15) is 22.8 Å². The zero-order chi connectivity index (χ0) is 42.9. The van der Waals surface area contributed by atoms with Gasteiger partial charge in [-0.15, -0.1) is 0 Å². The van der Waals surface area contributed by atoms with Crippen molar-refractivity contribution in [2.75, 3.05) is 49.6 Å². The number of nitrogens with zero attached hydrogens (tertiary/aromatic N) is 7. The number of halogens is 2. The molecule has 14 heteroatoms. The van der Waals surface area contributed by atoms with Gasteiger partial charge in [0, 0.05) is 72.0 Å². The number of ether oxygens (including phenoxy) is 1. The summed E-state index contributed by atoms with van der Waals surface area (Å²) >= 11 is 13.6. The molecule has 0 spiro atoms. The number of carboxylic acid groups (broad SMARTS) is 1. The van der Waals surface area contributed by atoms with Crippen LogP contribution in [0.1, 0.15) is 81.2 Å². The summed E-state index contributed by atoms with van der Waals surface area (Å²) in [7, 11) is 5.42. The van der Waals surface area contributed by atoms with Crippen molar-refractivity contribution in [1.29, 1.82) is 0 Å². The molecule has 0 radical (unpaired) electrons. The Balaban J connectivity index is 1.24. The number of fused-ring (bicyclic) bond motifs is 4. The Kier molecular flexibility index (Phi) is 11.0. The van der Waals surface area contributed by atoms with Gasteiger partial charge in [-0.2, -0.15) is 5.10 Å². The first-order valence-electron chi connectivity index (χ1n) is 20.5. The number of anilines is 2. The van der Waals surface area contributed by atoms with Crippen molar-refractivity contribution in [3.8, 4) is 16.9 Å². The van der Waals surface area contributed by atoms with E-state index < -0.39 is 5.97 Å². The van der Waals surface area contributed by atoms with Crippen molar-refractivity contribution >= 4 is 74.3 Å². The zero-order valence-corrected chi connectivity index (χ0v) is 37.0. The van der Waals surface area contributed by atoms with Crippen LogP contribution in [-0.4, -0.2) is 86.5 Å². The number of hydrogen-bond donors (Lipinski definition) is 1. The van der Waals surface area contributed by atoms with Crippen molar-refractivity contribution in [2.45, 2.75) is 66.3 Å². The van der Waals surface area contributed by atoms with Crippen LogP contribution in [-0.2, 0) is 25.3 Å². The quantitative estimate of drug-likeness (QED) is 0.129. The monoisotopic (exact) mass is 851 g/mol. The fraction of sp³-hybridized carbons (Fsp3) is 0.391. The smallest absolute Gasteiger partial charge is 0.340 e. The topological polar surface area (TPSA) is 118 Å². The Hall–Kier alpha value is -5.30. The molecule has 1 atom stereocenters. The highest BCUT2D eigenvalue weighted by Crippen LogP contribution is 2.46. The van der Waals surface area contributed by atoms with E-state index in [0.717, 1.165) is 81.8 Å². The second-order valence-electron chi connectivity index (χ2n) is 16.5. The van der Waals surface area contributed by atoms with Gasteiger partial charge >= 0.3 is 5.97 Å². The number of benzene rings is 3. The average molecular weight is 853 g/mol. The maximum absolute atomic E-state index is 15.4. The zero-order valence-electron chi connectivity index (χ0n) is 35.4. The number of aromatic carboxylic acids is 1. The summed E-state index contributed by atoms with van der Waals surface area (Å²) in [5.41, 5.74) is 8.78. The molecule has 2 aliphatic heterocycles. The van der Waals surface area contributed by atoms with Crippen molar-refractivity contribution in [1.82, 2.24) is 23.8 Å². The predicted molar refractivity (Wildman–Crippen MR) is 239 cm³/mol. The van der Waals surface area contributed by atoms with E-state index >= 15 is 4.79 Å². The first kappa shape index (κ1) is 41.4. The predicted octanol–water partition coefficient (Wildman–Crippen LogP) is 9.06. The van der Waals surface area contributed by atoms with Gasteiger partial charge in [0.2, 0.25) is 5.91 Å². The number of carbonyl (C=O) groups is 3. The van der Waals surface area contributed by atoms with E-state index in [2.05, 4.69) is 16.4 Å². The molecule has 0 bridgehead atoms. The molecule has 3 aromatic carbocycles. The molecule has 8 rings (SSSR count). The largest absolute Gasteiger partial charge is 0.494 e. The van der Waals surface area contributed by atoms with E-state index in [0.29, 0.717) is 58.3 Å². The highest BCUT2D eigenvalue weighted by atomic mass is 35.5. The van der Waals surface area contributed by atoms with E-state index in [1.165, 1.54) is 0 Å². The van der Waals surface area contributed by atoms with Gasteiger partial charge in [0.25, 0.3) is 5.91 Å². The van der Waals surface area contributed by atoms with Gasteiger partial charge in [0.15, 0.2) is 0 Å². The molecule has 60 heavy (non-hydrogen) atoms. The van der Waals surface area contributed by atoms with E-state index in [1.807, 2.05) is 75.8 Å². The SMILES string of the molecule is Cc1cc(OCCCc2c3n(c4c(-c5c(C)nn(C)c5C)c(Cl)ccc24)[C@H](C)CN(c2c(C(=O)O)c4cc(N(C)C(=O)CN5CCCC5)ccc4n2C)C3=O)cc(C)c1Cl. The first-order chi connectivity index (χ1) is 28.6. The third-order valence-corrected chi connectivity index (χ3v) is 13.4. The normalized spacial score (nSPS) is 15.7. The van der Waals surface area contributed by atoms with Crippen LogP contribution in [0.2, 0.25) is 10.0 Å². The van der Waals surface area contributed by atoms with Crippen LogP contribution in [0.15, 0.2) is 42.5 Å². The third-order valence-electron chi connectivity index (χ3n) is 12.5. The van der Waals surface area contributed by atoms with Crippen LogP contribution in [0.5, 0.6) is 5.75 Å². The number of hydrogen-bond acceptors (Lipinski definition) is 6. The van der Waals surface area contributed by atoms with Gasteiger partial charge in [-0.05, 0) is 126 Å². The maximum Gasteiger partial charge on any atom is 0.340 e. The van der Waals surface area contributed by atoms with Crippen LogP contribution in [0.3, 0.4) is 0 Å². The fourth-order valence-electron chi connectivity index (χ4n) is 9.45. The summed E-state index contributed by atoms with van der Waals surface area (Å²) in [6, 6.07) is 12.9. The summed E-state index contributed by atoms with van der Waals surface area (Å²) in [5.74, 6) is -0.518. The van der Waals surface area contributed by atoms with Crippen LogP contribution >= 0.6 is 23.2 Å². The lowest BCUT2D eigenvalue weighted by atomic mass is 9.98. The minimum Gasteiger partial charge on any atom is -0.494 e. The fourth-order valence-corrected chi connectivity index (χ4v) is 9.80. The van der Waals surface area contributed by atoms with Crippen LogP contribution in [0.25, 0.3) is 32.9 Å². The minimum absolute atomic E-state index is 0.00805. The molecule has 1 fully saturated rings. The van der Waals surface area contributed by atoms with Crippen molar-refractivity contribution in [2.24, 2.45) is 14.1 Å². The number of likely N-dealkylation sites (tertiary alicyclic amines) is 1. The number of aryl methyl sites for hydroxylation is 6. The highest BCUT2D eigenvalue weighted by molar-refractivity contribution is 6.35. The van der Waals surface area contributed by atoms with Crippen LogP contribution in [0.4, 0.5) is 11.5 Å². The first-order valence-corrected chi connectivity index (χ1v) is 21.3. The Morgan fingerprint density at radius 1 is 0.967 bits per heavy atom. The molecule has 0 unspecified atom stereocenters. The lowest BCUT2D eigenvalue weighted by Gasteiger charge is -2.34. The van der Waals surface area contributed by atoms with Gasteiger partial charge in [-0.1, -0.05) is 29.3 Å². The third kappa shape index (κ3) is 6.92. The van der Waals surface area contributed by atoms with Crippen LogP contribution in [0, 0.1) is 27.7 Å². The molecule has 0 saturated carbocycles. The Morgan fingerprint density at radius 2 is 1.67 bits per heavy atom. The molecular weight excluding hydrogens is 801 g/mol. The molecule has 314 valence electrons. The van der Waals surface area contributed by atoms with Crippen LogP contribution < -0.4 is 14.5 Å². The molecule has 12 nitrogen and oxygen atoms in total. The number of aromatic nitrogens is 4. The molecule has 3 aromatic heterocycles. The molecule has 1 N–H and O–H groups in total. The van der Waals surface area contributed by atoms with Gasteiger partial charge in [-0.3, -0.25) is 24.1 Å².